The summed E-state index contributed by atoms with van der Waals surface area (Å²) in [5, 5.41) is 0. The second-order valence-corrected chi connectivity index (χ2v) is 6.56. The number of allylic oxidation sites excluding steroid dienone is 2. The third-order valence-corrected chi connectivity index (χ3v) is 3.91. The molecule has 0 spiro atoms. The maximum Gasteiger partial charge on any atom is 0.547 e. The molecule has 0 fully saturated rings. The number of rotatable bonds is 12. The Hall–Kier alpha value is -1.47. The van der Waals surface area contributed by atoms with Gasteiger partial charge in [-0.25, -0.2) is 14.2 Å². The SMILES string of the molecule is CCC/C=C(\C)C(=O)OOP(=O)(OCC)OOC(=O)/C(C)=C/CCC. The quantitative estimate of drug-likeness (QED) is 0.211. The Morgan fingerprint density at radius 2 is 1.24 bits per heavy atom. The van der Waals surface area contributed by atoms with Crippen LogP contribution in [0, 0.1) is 0 Å². The van der Waals surface area contributed by atoms with E-state index in [1.165, 1.54) is 20.8 Å². The maximum absolute atomic E-state index is 12.2. The van der Waals surface area contributed by atoms with Gasteiger partial charge >= 0.3 is 19.8 Å². The van der Waals surface area contributed by atoms with Gasteiger partial charge in [-0.2, -0.15) is 0 Å². The number of carbonyl (C=O) groups is 2. The van der Waals surface area contributed by atoms with Gasteiger partial charge in [0.25, 0.3) is 0 Å². The predicted octanol–water partition coefficient (Wildman–Crippen LogP) is 4.57. The molecule has 0 rings (SSSR count). The van der Waals surface area contributed by atoms with E-state index in [-0.39, 0.29) is 17.8 Å². The molecule has 0 heterocycles. The van der Waals surface area contributed by atoms with E-state index in [9.17, 15) is 14.2 Å². The number of hydrogen-bond acceptors (Lipinski definition) is 8. The highest BCUT2D eigenvalue weighted by molar-refractivity contribution is 7.48. The molecule has 0 saturated carbocycles. The molecule has 0 aliphatic rings. The van der Waals surface area contributed by atoms with Crippen LogP contribution in [0.1, 0.15) is 60.3 Å². The van der Waals surface area contributed by atoms with Crippen molar-refractivity contribution in [2.45, 2.75) is 60.3 Å². The number of phosphoric acid groups is 1. The van der Waals surface area contributed by atoms with Crippen LogP contribution in [0.4, 0.5) is 0 Å². The van der Waals surface area contributed by atoms with Crippen molar-refractivity contribution in [3.8, 4) is 0 Å². The highest BCUT2D eigenvalue weighted by atomic mass is 31.2. The summed E-state index contributed by atoms with van der Waals surface area (Å²) in [4.78, 5) is 32.3. The van der Waals surface area contributed by atoms with Crippen LogP contribution in [0.5, 0.6) is 0 Å². The Labute approximate surface area is 148 Å². The Bertz CT molecular complexity index is 496. The molecule has 0 aliphatic heterocycles. The van der Waals surface area contributed by atoms with E-state index in [1.807, 2.05) is 13.8 Å². The lowest BCUT2D eigenvalue weighted by Crippen LogP contribution is -2.11. The van der Waals surface area contributed by atoms with Crippen molar-refractivity contribution in [3.63, 3.8) is 0 Å². The van der Waals surface area contributed by atoms with Crippen molar-refractivity contribution < 1.29 is 37.8 Å². The number of unbranched alkanes of at least 4 members (excludes halogenated alkanes) is 2. The number of carbonyl (C=O) groups excluding carboxylic acids is 2. The summed E-state index contributed by atoms with van der Waals surface area (Å²) >= 11 is 0. The monoisotopic (exact) mass is 378 g/mol. The van der Waals surface area contributed by atoms with Crippen LogP contribution >= 0.6 is 7.82 Å². The van der Waals surface area contributed by atoms with E-state index in [0.29, 0.717) is 12.8 Å². The second kappa shape index (κ2) is 12.8. The van der Waals surface area contributed by atoms with E-state index >= 15 is 0 Å². The van der Waals surface area contributed by atoms with Crippen molar-refractivity contribution in [2.75, 3.05) is 6.61 Å². The Morgan fingerprint density at radius 1 is 0.840 bits per heavy atom. The van der Waals surface area contributed by atoms with E-state index in [4.69, 9.17) is 4.52 Å². The van der Waals surface area contributed by atoms with Crippen molar-refractivity contribution >= 4 is 19.8 Å². The largest absolute Gasteiger partial charge is 0.547 e. The smallest absolute Gasteiger partial charge is 0.283 e. The molecule has 0 aromatic carbocycles. The lowest BCUT2D eigenvalue weighted by atomic mass is 10.2. The lowest BCUT2D eigenvalue weighted by molar-refractivity contribution is -0.258. The summed E-state index contributed by atoms with van der Waals surface area (Å²) < 4.78 is 25.9. The van der Waals surface area contributed by atoms with Crippen LogP contribution in [0.15, 0.2) is 23.3 Å². The summed E-state index contributed by atoms with van der Waals surface area (Å²) in [5.74, 6) is -1.69. The molecule has 0 radical (unpaired) electrons. The topological polar surface area (TPSA) is 97.4 Å². The summed E-state index contributed by atoms with van der Waals surface area (Å²) in [6.07, 6.45) is 6.38. The molecular formula is C16H27O8P. The molecule has 25 heavy (non-hydrogen) atoms. The van der Waals surface area contributed by atoms with Crippen LogP contribution in [0.2, 0.25) is 0 Å². The molecule has 0 amide bonds. The van der Waals surface area contributed by atoms with E-state index in [2.05, 4.69) is 19.1 Å². The molecule has 0 aromatic heterocycles. The first-order valence-electron chi connectivity index (χ1n) is 8.18. The summed E-state index contributed by atoms with van der Waals surface area (Å²) in [5.41, 5.74) is 0.556. The fourth-order valence-corrected chi connectivity index (χ4v) is 2.14. The van der Waals surface area contributed by atoms with Gasteiger partial charge in [0.1, 0.15) is 0 Å². The van der Waals surface area contributed by atoms with Crippen LogP contribution < -0.4 is 0 Å². The first-order valence-corrected chi connectivity index (χ1v) is 9.64. The highest BCUT2D eigenvalue weighted by Gasteiger charge is 2.34. The van der Waals surface area contributed by atoms with Crippen LogP contribution in [0.3, 0.4) is 0 Å². The molecule has 8 nitrogen and oxygen atoms in total. The first-order chi connectivity index (χ1) is 11.8. The van der Waals surface area contributed by atoms with E-state index < -0.39 is 19.8 Å². The zero-order valence-electron chi connectivity index (χ0n) is 15.4. The van der Waals surface area contributed by atoms with Crippen LogP contribution in [-0.4, -0.2) is 18.5 Å². The molecule has 0 bridgehead atoms. The van der Waals surface area contributed by atoms with Gasteiger partial charge in [-0.05, 0) is 33.6 Å². The molecule has 0 aromatic rings. The number of hydrogen-bond donors (Lipinski definition) is 0. The molecule has 9 heteroatoms. The molecule has 0 atom stereocenters. The molecule has 0 unspecified atom stereocenters. The molecular weight excluding hydrogens is 351 g/mol. The van der Waals surface area contributed by atoms with Gasteiger partial charge in [-0.3, -0.25) is 14.3 Å². The minimum atomic E-state index is -4.40. The minimum Gasteiger partial charge on any atom is -0.283 e. The Balaban J connectivity index is 4.71. The molecule has 144 valence electrons. The van der Waals surface area contributed by atoms with Crippen molar-refractivity contribution in [1.82, 2.24) is 0 Å². The van der Waals surface area contributed by atoms with Gasteiger partial charge in [0.2, 0.25) is 0 Å². The van der Waals surface area contributed by atoms with E-state index in [0.717, 1.165) is 12.8 Å². The lowest BCUT2D eigenvalue weighted by Gasteiger charge is -2.14. The molecule has 0 saturated heterocycles. The van der Waals surface area contributed by atoms with Crippen molar-refractivity contribution in [3.05, 3.63) is 23.3 Å². The second-order valence-electron chi connectivity index (χ2n) is 5.11. The molecule has 0 aliphatic carbocycles. The molecule has 0 N–H and O–H groups in total. The third-order valence-electron chi connectivity index (χ3n) is 2.82. The van der Waals surface area contributed by atoms with Gasteiger partial charge in [0, 0.05) is 11.1 Å². The van der Waals surface area contributed by atoms with Gasteiger partial charge in [0.05, 0.1) is 6.61 Å². The minimum absolute atomic E-state index is 0.0817. The standard InChI is InChI=1S/C16H27O8P/c1-6-9-11-13(4)15(17)21-23-25(19,20-8-3)24-22-16(18)14(5)12-10-7-2/h11-12H,6-10H2,1-5H3/b13-11+,14-12+. The van der Waals surface area contributed by atoms with Gasteiger partial charge in [-0.15, -0.1) is 0 Å². The maximum atomic E-state index is 12.2. The normalized spacial score (nSPS) is 14.8. The van der Waals surface area contributed by atoms with E-state index in [1.54, 1.807) is 12.2 Å². The van der Waals surface area contributed by atoms with Crippen LogP contribution in [-0.2, 0) is 37.8 Å². The summed E-state index contributed by atoms with van der Waals surface area (Å²) in [7, 11) is -4.40. The van der Waals surface area contributed by atoms with Crippen molar-refractivity contribution in [2.24, 2.45) is 0 Å². The predicted molar refractivity (Wildman–Crippen MR) is 90.9 cm³/mol. The van der Waals surface area contributed by atoms with Gasteiger partial charge in [-0.1, -0.05) is 48.2 Å². The Kier molecular flexibility index (Phi) is 12.1. The average Bonchev–Trinajstić information content (AvgIpc) is 2.60. The highest BCUT2D eigenvalue weighted by Crippen LogP contribution is 2.50. The van der Waals surface area contributed by atoms with Gasteiger partial charge in [0.15, 0.2) is 0 Å². The zero-order valence-corrected chi connectivity index (χ0v) is 16.3. The van der Waals surface area contributed by atoms with Crippen LogP contribution in [0.25, 0.3) is 0 Å². The van der Waals surface area contributed by atoms with Crippen molar-refractivity contribution in [1.29, 1.82) is 0 Å². The third kappa shape index (κ3) is 10.2. The zero-order chi connectivity index (χ0) is 19.3. The fraction of sp³-hybridized carbons (Fsp3) is 0.625. The summed E-state index contributed by atoms with van der Waals surface area (Å²) in [6.45, 7) is 8.39. The average molecular weight is 378 g/mol. The first kappa shape index (κ1) is 23.5. The Morgan fingerprint density at radius 3 is 1.56 bits per heavy atom. The van der Waals surface area contributed by atoms with Gasteiger partial charge < -0.3 is 0 Å². The summed E-state index contributed by atoms with van der Waals surface area (Å²) in [6, 6.07) is 0. The fourth-order valence-electron chi connectivity index (χ4n) is 1.39.